The molecule has 0 fully saturated rings. The number of ether oxygens (including phenoxy) is 1. The summed E-state index contributed by atoms with van der Waals surface area (Å²) in [5.41, 5.74) is 3.08. The molecule has 27 heavy (non-hydrogen) atoms. The molecular weight excluding hydrogens is 378 g/mol. The Morgan fingerprint density at radius 3 is 2.59 bits per heavy atom. The number of benzene rings is 2. The maximum Gasteiger partial charge on any atom is 0.257 e. The van der Waals surface area contributed by atoms with Crippen molar-refractivity contribution in [3.8, 4) is 5.75 Å². The van der Waals surface area contributed by atoms with Crippen LogP contribution in [-0.4, -0.2) is 22.2 Å². The van der Waals surface area contributed by atoms with Crippen molar-refractivity contribution in [2.24, 2.45) is 0 Å². The predicted molar refractivity (Wildman–Crippen MR) is 111 cm³/mol. The van der Waals surface area contributed by atoms with Crippen molar-refractivity contribution < 1.29 is 9.53 Å². The van der Waals surface area contributed by atoms with Crippen LogP contribution in [0.1, 0.15) is 35.3 Å². The van der Waals surface area contributed by atoms with E-state index in [0.717, 1.165) is 15.8 Å². The molecular formula is C20H21N3O2S2. The highest BCUT2D eigenvalue weighted by molar-refractivity contribution is 8.00. The first kappa shape index (κ1) is 19.4. The molecule has 0 saturated heterocycles. The van der Waals surface area contributed by atoms with E-state index in [9.17, 15) is 4.79 Å². The van der Waals surface area contributed by atoms with Crippen LogP contribution in [0.2, 0.25) is 0 Å². The van der Waals surface area contributed by atoms with Crippen LogP contribution in [0.25, 0.3) is 0 Å². The molecule has 0 spiro atoms. The van der Waals surface area contributed by atoms with Gasteiger partial charge in [0.1, 0.15) is 5.75 Å². The first-order chi connectivity index (χ1) is 13.0. The molecule has 2 aromatic carbocycles. The monoisotopic (exact) mass is 399 g/mol. The highest BCUT2D eigenvalue weighted by Crippen LogP contribution is 2.29. The summed E-state index contributed by atoms with van der Waals surface area (Å²) in [4.78, 5) is 12.4. The molecule has 0 bridgehead atoms. The van der Waals surface area contributed by atoms with Crippen LogP contribution in [-0.2, 0) is 5.75 Å². The SMILES string of the molecule is Cc1ccccc1CSc1nnc(NC(=O)c2ccc(OC(C)C)cc2)s1. The topological polar surface area (TPSA) is 64.1 Å². The molecule has 1 heterocycles. The van der Waals surface area contributed by atoms with Crippen LogP contribution in [0, 0.1) is 6.92 Å². The second-order valence-corrected chi connectivity index (χ2v) is 8.43. The molecule has 3 rings (SSSR count). The maximum absolute atomic E-state index is 12.4. The van der Waals surface area contributed by atoms with Gasteiger partial charge in [0.25, 0.3) is 5.91 Å². The highest BCUT2D eigenvalue weighted by Gasteiger charge is 2.11. The van der Waals surface area contributed by atoms with Gasteiger partial charge in [-0.1, -0.05) is 47.4 Å². The zero-order valence-corrected chi connectivity index (χ0v) is 17.1. The molecule has 0 saturated carbocycles. The highest BCUT2D eigenvalue weighted by atomic mass is 32.2. The third-order valence-corrected chi connectivity index (χ3v) is 5.75. The van der Waals surface area contributed by atoms with E-state index < -0.39 is 0 Å². The number of rotatable bonds is 7. The molecule has 1 aromatic heterocycles. The summed E-state index contributed by atoms with van der Waals surface area (Å²) in [6.45, 7) is 6.02. The molecule has 7 heteroatoms. The average Bonchev–Trinajstić information content (AvgIpc) is 3.08. The Balaban J connectivity index is 1.57. The molecule has 1 amide bonds. The molecule has 0 aliphatic heterocycles. The van der Waals surface area contributed by atoms with Crippen LogP contribution in [0.5, 0.6) is 5.75 Å². The van der Waals surface area contributed by atoms with E-state index in [1.165, 1.54) is 22.5 Å². The second kappa shape index (κ2) is 9.01. The standard InChI is InChI=1S/C20H21N3O2S2/c1-13(2)25-17-10-8-15(9-11-17)18(24)21-19-22-23-20(27-19)26-12-16-7-5-4-6-14(16)3/h4-11,13H,12H2,1-3H3,(H,21,22,24). The molecule has 1 N–H and O–H groups in total. The summed E-state index contributed by atoms with van der Waals surface area (Å²) < 4.78 is 6.42. The molecule has 0 atom stereocenters. The fourth-order valence-electron chi connectivity index (χ4n) is 2.36. The van der Waals surface area contributed by atoms with Crippen LogP contribution >= 0.6 is 23.1 Å². The van der Waals surface area contributed by atoms with Gasteiger partial charge in [-0.25, -0.2) is 0 Å². The van der Waals surface area contributed by atoms with E-state index in [0.29, 0.717) is 10.7 Å². The van der Waals surface area contributed by atoms with Gasteiger partial charge in [0.15, 0.2) is 4.34 Å². The number of hydrogen-bond donors (Lipinski definition) is 1. The van der Waals surface area contributed by atoms with E-state index in [1.54, 1.807) is 36.0 Å². The van der Waals surface area contributed by atoms with Crippen molar-refractivity contribution in [3.05, 3.63) is 65.2 Å². The zero-order chi connectivity index (χ0) is 19.2. The van der Waals surface area contributed by atoms with Crippen molar-refractivity contribution in [2.75, 3.05) is 5.32 Å². The Morgan fingerprint density at radius 1 is 1.15 bits per heavy atom. The summed E-state index contributed by atoms with van der Waals surface area (Å²) in [5.74, 6) is 1.36. The Morgan fingerprint density at radius 2 is 1.89 bits per heavy atom. The lowest BCUT2D eigenvalue weighted by Crippen LogP contribution is -2.12. The lowest BCUT2D eigenvalue weighted by Gasteiger charge is -2.09. The number of hydrogen-bond acceptors (Lipinski definition) is 6. The van der Waals surface area contributed by atoms with E-state index in [2.05, 4.69) is 34.6 Å². The number of aryl methyl sites for hydroxylation is 1. The number of aromatic nitrogens is 2. The lowest BCUT2D eigenvalue weighted by atomic mass is 10.1. The number of carbonyl (C=O) groups is 1. The van der Waals surface area contributed by atoms with Crippen LogP contribution in [0.4, 0.5) is 5.13 Å². The summed E-state index contributed by atoms with van der Waals surface area (Å²) in [5, 5.41) is 11.5. The van der Waals surface area contributed by atoms with Crippen LogP contribution < -0.4 is 10.1 Å². The summed E-state index contributed by atoms with van der Waals surface area (Å²) >= 11 is 2.99. The van der Waals surface area contributed by atoms with Crippen molar-refractivity contribution in [3.63, 3.8) is 0 Å². The van der Waals surface area contributed by atoms with Crippen molar-refractivity contribution in [1.82, 2.24) is 10.2 Å². The zero-order valence-electron chi connectivity index (χ0n) is 15.4. The number of carbonyl (C=O) groups excluding carboxylic acids is 1. The van der Waals surface area contributed by atoms with Gasteiger partial charge in [0, 0.05) is 11.3 Å². The third kappa shape index (κ3) is 5.55. The Bertz CT molecular complexity index is 908. The van der Waals surface area contributed by atoms with Gasteiger partial charge >= 0.3 is 0 Å². The van der Waals surface area contributed by atoms with Gasteiger partial charge in [0.2, 0.25) is 5.13 Å². The molecule has 0 aliphatic rings. The number of amides is 1. The molecule has 3 aromatic rings. The number of nitrogens with one attached hydrogen (secondary N) is 1. The first-order valence-electron chi connectivity index (χ1n) is 8.60. The Labute approximate surface area is 167 Å². The first-order valence-corrected chi connectivity index (χ1v) is 10.4. The van der Waals surface area contributed by atoms with Gasteiger partial charge in [-0.2, -0.15) is 0 Å². The third-order valence-electron chi connectivity index (χ3n) is 3.73. The van der Waals surface area contributed by atoms with E-state index in [1.807, 2.05) is 26.0 Å². The normalized spacial score (nSPS) is 10.8. The smallest absolute Gasteiger partial charge is 0.257 e. The molecule has 5 nitrogen and oxygen atoms in total. The fraction of sp³-hybridized carbons (Fsp3) is 0.250. The van der Waals surface area contributed by atoms with Gasteiger partial charge < -0.3 is 4.74 Å². The van der Waals surface area contributed by atoms with Crippen LogP contribution in [0.3, 0.4) is 0 Å². The van der Waals surface area contributed by atoms with Gasteiger partial charge in [-0.05, 0) is 56.2 Å². The summed E-state index contributed by atoms with van der Waals surface area (Å²) in [6.07, 6.45) is 0.0988. The Kier molecular flexibility index (Phi) is 6.47. The molecule has 0 unspecified atom stereocenters. The minimum atomic E-state index is -0.210. The summed E-state index contributed by atoms with van der Waals surface area (Å²) in [7, 11) is 0. The van der Waals surface area contributed by atoms with Crippen molar-refractivity contribution in [1.29, 1.82) is 0 Å². The van der Waals surface area contributed by atoms with E-state index in [4.69, 9.17) is 4.74 Å². The fourth-order valence-corrected chi connectivity index (χ4v) is 4.18. The average molecular weight is 400 g/mol. The largest absolute Gasteiger partial charge is 0.491 e. The minimum Gasteiger partial charge on any atom is -0.491 e. The van der Waals surface area contributed by atoms with E-state index >= 15 is 0 Å². The van der Waals surface area contributed by atoms with Crippen molar-refractivity contribution in [2.45, 2.75) is 37.0 Å². The lowest BCUT2D eigenvalue weighted by molar-refractivity contribution is 0.102. The quantitative estimate of drug-likeness (QED) is 0.438. The number of thioether (sulfide) groups is 1. The molecule has 140 valence electrons. The van der Waals surface area contributed by atoms with E-state index in [-0.39, 0.29) is 12.0 Å². The minimum absolute atomic E-state index is 0.0988. The van der Waals surface area contributed by atoms with Crippen molar-refractivity contribution >= 4 is 34.1 Å². The second-order valence-electron chi connectivity index (χ2n) is 6.23. The molecule has 0 aliphatic carbocycles. The van der Waals surface area contributed by atoms with Gasteiger partial charge in [-0.15, -0.1) is 10.2 Å². The Hall–Kier alpha value is -2.38. The van der Waals surface area contributed by atoms with Gasteiger partial charge in [0.05, 0.1) is 6.10 Å². The number of nitrogens with zero attached hydrogens (tertiary/aromatic N) is 2. The number of anilines is 1. The molecule has 0 radical (unpaired) electrons. The maximum atomic E-state index is 12.4. The summed E-state index contributed by atoms with van der Waals surface area (Å²) in [6, 6.07) is 15.3. The van der Waals surface area contributed by atoms with Crippen LogP contribution in [0.15, 0.2) is 52.9 Å². The predicted octanol–water partition coefficient (Wildman–Crippen LogP) is 5.18. The van der Waals surface area contributed by atoms with Gasteiger partial charge in [-0.3, -0.25) is 10.1 Å².